The maximum Gasteiger partial charge on any atom is 0.411 e. The summed E-state index contributed by atoms with van der Waals surface area (Å²) >= 11 is 0. The molecule has 1 spiro atoms. The van der Waals surface area contributed by atoms with Crippen LogP contribution in [0.4, 0.5) is 4.79 Å². The van der Waals surface area contributed by atoms with E-state index in [1.165, 1.54) is 0 Å². The number of hydrogen-bond donors (Lipinski definition) is 0. The fourth-order valence-electron chi connectivity index (χ4n) is 3.34. The van der Waals surface area contributed by atoms with Crippen molar-refractivity contribution in [2.45, 2.75) is 51.3 Å². The fourth-order valence-corrected chi connectivity index (χ4v) is 3.34. The molecule has 0 aromatic heterocycles. The predicted molar refractivity (Wildman–Crippen MR) is 86.8 cm³/mol. The molecule has 2 heterocycles. The Kier molecular flexibility index (Phi) is 3.82. The van der Waals surface area contributed by atoms with E-state index in [4.69, 9.17) is 4.74 Å². The van der Waals surface area contributed by atoms with Gasteiger partial charge in [0.05, 0.1) is 0 Å². The van der Waals surface area contributed by atoms with E-state index >= 15 is 0 Å². The van der Waals surface area contributed by atoms with Gasteiger partial charge in [0.15, 0.2) is 0 Å². The van der Waals surface area contributed by atoms with Crippen LogP contribution < -0.4 is 0 Å². The molecule has 1 aromatic rings. The lowest BCUT2D eigenvalue weighted by molar-refractivity contribution is -0.145. The van der Waals surface area contributed by atoms with Gasteiger partial charge in [-0.1, -0.05) is 30.3 Å². The maximum atomic E-state index is 12.9. The lowest BCUT2D eigenvalue weighted by Crippen LogP contribution is -2.66. The van der Waals surface area contributed by atoms with E-state index in [0.29, 0.717) is 26.1 Å². The Morgan fingerprint density at radius 2 is 1.83 bits per heavy atom. The minimum absolute atomic E-state index is 0.0541. The second-order valence-electron chi connectivity index (χ2n) is 7.38. The summed E-state index contributed by atoms with van der Waals surface area (Å²) in [6, 6.07) is 9.95. The molecular weight excluding hydrogens is 292 g/mol. The molecular formula is C18H24N2O3. The maximum absolute atomic E-state index is 12.9. The van der Waals surface area contributed by atoms with Crippen LogP contribution in [0.15, 0.2) is 30.3 Å². The van der Waals surface area contributed by atoms with E-state index in [1.54, 1.807) is 4.90 Å². The molecule has 2 saturated heterocycles. The van der Waals surface area contributed by atoms with Crippen LogP contribution in [-0.4, -0.2) is 46.0 Å². The van der Waals surface area contributed by atoms with Crippen molar-refractivity contribution in [3.05, 3.63) is 35.9 Å². The van der Waals surface area contributed by atoms with Crippen LogP contribution in [0.5, 0.6) is 0 Å². The number of carbonyl (C=O) groups excluding carboxylic acids is 2. The minimum Gasteiger partial charge on any atom is -0.444 e. The molecule has 2 amide bonds. The van der Waals surface area contributed by atoms with Gasteiger partial charge >= 0.3 is 6.09 Å². The summed E-state index contributed by atoms with van der Waals surface area (Å²) in [6.07, 6.45) is 1.05. The number of benzene rings is 1. The zero-order valence-electron chi connectivity index (χ0n) is 14.0. The number of nitrogens with zero attached hydrogens (tertiary/aromatic N) is 2. The van der Waals surface area contributed by atoms with Crippen molar-refractivity contribution in [1.29, 1.82) is 0 Å². The molecule has 3 rings (SSSR count). The Hall–Kier alpha value is -2.04. The van der Waals surface area contributed by atoms with Gasteiger partial charge in [-0.3, -0.25) is 9.69 Å². The summed E-state index contributed by atoms with van der Waals surface area (Å²) in [4.78, 5) is 28.7. The molecule has 1 aromatic carbocycles. The van der Waals surface area contributed by atoms with Crippen LogP contribution in [0.2, 0.25) is 0 Å². The van der Waals surface area contributed by atoms with Crippen LogP contribution in [-0.2, 0) is 16.1 Å². The van der Waals surface area contributed by atoms with Gasteiger partial charge in [0, 0.05) is 19.6 Å². The highest BCUT2D eigenvalue weighted by Crippen LogP contribution is 2.41. The zero-order chi connectivity index (χ0) is 16.7. The van der Waals surface area contributed by atoms with Crippen molar-refractivity contribution in [3.8, 4) is 0 Å². The largest absolute Gasteiger partial charge is 0.444 e. The van der Waals surface area contributed by atoms with E-state index in [9.17, 15) is 9.59 Å². The molecule has 2 aliphatic heterocycles. The van der Waals surface area contributed by atoms with Gasteiger partial charge in [-0.05, 0) is 39.2 Å². The third-order valence-electron chi connectivity index (χ3n) is 4.58. The van der Waals surface area contributed by atoms with Gasteiger partial charge in [-0.15, -0.1) is 0 Å². The SMILES string of the molecule is CC(C)(C)OC(=O)N1CCC12CCN(Cc1ccccc1)C2=O. The molecule has 0 radical (unpaired) electrons. The molecule has 23 heavy (non-hydrogen) atoms. The van der Waals surface area contributed by atoms with Crippen molar-refractivity contribution in [2.75, 3.05) is 13.1 Å². The second-order valence-corrected chi connectivity index (χ2v) is 7.38. The Labute approximate surface area is 137 Å². The molecule has 5 heteroatoms. The predicted octanol–water partition coefficient (Wildman–Crippen LogP) is 2.80. The first kappa shape index (κ1) is 15.8. The third-order valence-corrected chi connectivity index (χ3v) is 4.58. The number of hydrogen-bond acceptors (Lipinski definition) is 3. The highest BCUT2D eigenvalue weighted by atomic mass is 16.6. The third kappa shape index (κ3) is 2.92. The van der Waals surface area contributed by atoms with Crippen molar-refractivity contribution in [3.63, 3.8) is 0 Å². The topological polar surface area (TPSA) is 49.9 Å². The summed E-state index contributed by atoms with van der Waals surface area (Å²) in [5.41, 5.74) is -0.0999. The van der Waals surface area contributed by atoms with Gasteiger partial charge in [0.1, 0.15) is 11.1 Å². The van der Waals surface area contributed by atoms with Gasteiger partial charge < -0.3 is 9.64 Å². The first-order valence-corrected chi connectivity index (χ1v) is 8.16. The summed E-state index contributed by atoms with van der Waals surface area (Å²) in [5.74, 6) is 0.0541. The van der Waals surface area contributed by atoms with Crippen molar-refractivity contribution in [1.82, 2.24) is 9.80 Å². The van der Waals surface area contributed by atoms with Crippen molar-refractivity contribution in [2.24, 2.45) is 0 Å². The average Bonchev–Trinajstić information content (AvgIpc) is 2.76. The number of amides is 2. The quantitative estimate of drug-likeness (QED) is 0.843. The zero-order valence-corrected chi connectivity index (χ0v) is 14.0. The molecule has 0 saturated carbocycles. The standard InChI is InChI=1S/C18H24N2O3/c1-17(2,3)23-16(22)20-12-10-18(20)9-11-19(15(18)21)13-14-7-5-4-6-8-14/h4-8H,9-13H2,1-3H3. The normalized spacial score (nSPS) is 24.0. The molecule has 0 aliphatic carbocycles. The summed E-state index contributed by atoms with van der Waals surface area (Å²) in [7, 11) is 0. The van der Waals surface area contributed by atoms with Gasteiger partial charge in [-0.25, -0.2) is 4.79 Å². The Bertz CT molecular complexity index is 608. The van der Waals surface area contributed by atoms with Crippen molar-refractivity contribution < 1.29 is 14.3 Å². The van der Waals surface area contributed by atoms with E-state index in [1.807, 2.05) is 56.0 Å². The fraction of sp³-hybridized carbons (Fsp3) is 0.556. The molecule has 1 unspecified atom stereocenters. The number of ether oxygens (including phenoxy) is 1. The molecule has 0 bridgehead atoms. The summed E-state index contributed by atoms with van der Waals surface area (Å²) in [6.45, 7) is 7.41. The second kappa shape index (κ2) is 5.55. The molecule has 124 valence electrons. The Morgan fingerprint density at radius 3 is 2.39 bits per heavy atom. The number of carbonyl (C=O) groups is 2. The van der Waals surface area contributed by atoms with Gasteiger partial charge in [0.25, 0.3) is 0 Å². The van der Waals surface area contributed by atoms with E-state index in [0.717, 1.165) is 12.0 Å². The number of likely N-dealkylation sites (tertiary alicyclic amines) is 2. The lowest BCUT2D eigenvalue weighted by atomic mass is 9.83. The smallest absolute Gasteiger partial charge is 0.411 e. The Balaban J connectivity index is 1.69. The molecule has 2 aliphatic rings. The highest BCUT2D eigenvalue weighted by Gasteiger charge is 2.58. The minimum atomic E-state index is -0.670. The van der Waals surface area contributed by atoms with E-state index in [-0.39, 0.29) is 12.0 Å². The van der Waals surface area contributed by atoms with Crippen LogP contribution in [0, 0.1) is 0 Å². The molecule has 1 atom stereocenters. The first-order chi connectivity index (χ1) is 10.8. The molecule has 0 N–H and O–H groups in total. The van der Waals surface area contributed by atoms with Crippen LogP contribution in [0.3, 0.4) is 0 Å². The lowest BCUT2D eigenvalue weighted by Gasteiger charge is -2.48. The first-order valence-electron chi connectivity index (χ1n) is 8.16. The summed E-state index contributed by atoms with van der Waals surface area (Å²) in [5, 5.41) is 0. The van der Waals surface area contributed by atoms with Gasteiger partial charge in [0.2, 0.25) is 5.91 Å². The van der Waals surface area contributed by atoms with Gasteiger partial charge in [-0.2, -0.15) is 0 Å². The van der Waals surface area contributed by atoms with Crippen LogP contribution >= 0.6 is 0 Å². The van der Waals surface area contributed by atoms with Crippen LogP contribution in [0.25, 0.3) is 0 Å². The van der Waals surface area contributed by atoms with Crippen molar-refractivity contribution >= 4 is 12.0 Å². The molecule has 2 fully saturated rings. The summed E-state index contributed by atoms with van der Waals surface area (Å²) < 4.78 is 5.45. The highest BCUT2D eigenvalue weighted by molar-refractivity contribution is 5.93. The average molecular weight is 316 g/mol. The van der Waals surface area contributed by atoms with Crippen LogP contribution in [0.1, 0.15) is 39.2 Å². The van der Waals surface area contributed by atoms with E-state index in [2.05, 4.69) is 0 Å². The Morgan fingerprint density at radius 1 is 1.17 bits per heavy atom. The number of rotatable bonds is 2. The monoisotopic (exact) mass is 316 g/mol. The molecule has 5 nitrogen and oxygen atoms in total. The van der Waals surface area contributed by atoms with E-state index < -0.39 is 11.1 Å².